The molecule has 0 saturated heterocycles. The number of benzene rings is 1. The highest BCUT2D eigenvalue weighted by Crippen LogP contribution is 2.31. The molecular weight excluding hydrogens is 310 g/mol. The smallest absolute Gasteiger partial charge is 0.247 e. The Labute approximate surface area is 129 Å². The molecule has 0 aliphatic carbocycles. The van der Waals surface area contributed by atoms with Gasteiger partial charge in [0.1, 0.15) is 10.7 Å². The molecule has 1 heterocycles. The third-order valence-electron chi connectivity index (χ3n) is 3.36. The van der Waals surface area contributed by atoms with Gasteiger partial charge < -0.3 is 5.73 Å². The highest BCUT2D eigenvalue weighted by atomic mass is 35.5. The molecule has 0 saturated carbocycles. The molecule has 2 aromatic rings. The van der Waals surface area contributed by atoms with Crippen LogP contribution in [0.25, 0.3) is 0 Å². The molecule has 0 fully saturated rings. The first-order chi connectivity index (χ1) is 9.85. The minimum Gasteiger partial charge on any atom is -0.383 e. The summed E-state index contributed by atoms with van der Waals surface area (Å²) in [5.41, 5.74) is 6.40. The number of rotatable bonds is 4. The molecule has 0 aliphatic heterocycles. The van der Waals surface area contributed by atoms with Gasteiger partial charge in [-0.1, -0.05) is 29.8 Å². The van der Waals surface area contributed by atoms with Crippen LogP contribution in [0.3, 0.4) is 0 Å². The summed E-state index contributed by atoms with van der Waals surface area (Å²) in [5, 5.41) is 0.520. The van der Waals surface area contributed by atoms with Gasteiger partial charge in [-0.05, 0) is 30.7 Å². The number of pyridine rings is 1. The molecule has 1 unspecified atom stereocenters. The second-order valence-corrected chi connectivity index (χ2v) is 6.98. The fraction of sp³-hybridized carbons (Fsp3) is 0.214. The second-order valence-electron chi connectivity index (χ2n) is 4.61. The lowest BCUT2D eigenvalue weighted by Gasteiger charge is -2.25. The van der Waals surface area contributed by atoms with Gasteiger partial charge >= 0.3 is 0 Å². The van der Waals surface area contributed by atoms with E-state index in [0.29, 0.717) is 5.02 Å². The van der Waals surface area contributed by atoms with E-state index >= 15 is 0 Å². The van der Waals surface area contributed by atoms with Crippen LogP contribution in [-0.2, 0) is 10.0 Å². The van der Waals surface area contributed by atoms with Gasteiger partial charge in [-0.25, -0.2) is 13.4 Å². The van der Waals surface area contributed by atoms with Crippen LogP contribution in [0, 0.1) is 0 Å². The van der Waals surface area contributed by atoms with Gasteiger partial charge in [0.25, 0.3) is 0 Å². The Bertz CT molecular complexity index is 749. The Hall–Kier alpha value is -1.63. The summed E-state index contributed by atoms with van der Waals surface area (Å²) in [4.78, 5) is 3.82. The number of sulfonamides is 1. The highest BCUT2D eigenvalue weighted by Gasteiger charge is 2.29. The van der Waals surface area contributed by atoms with Gasteiger partial charge in [-0.15, -0.1) is 0 Å². The molecule has 7 heteroatoms. The monoisotopic (exact) mass is 325 g/mol. The number of halogens is 1. The normalized spacial score (nSPS) is 13.3. The van der Waals surface area contributed by atoms with Gasteiger partial charge in [0.2, 0.25) is 10.0 Å². The van der Waals surface area contributed by atoms with Gasteiger partial charge in [0, 0.05) is 24.3 Å². The zero-order valence-corrected chi connectivity index (χ0v) is 13.3. The van der Waals surface area contributed by atoms with E-state index in [0.717, 1.165) is 5.56 Å². The van der Waals surface area contributed by atoms with Crippen molar-refractivity contribution in [1.29, 1.82) is 0 Å². The highest BCUT2D eigenvalue weighted by molar-refractivity contribution is 7.89. The summed E-state index contributed by atoms with van der Waals surface area (Å²) in [7, 11) is -2.25. The Balaban J connectivity index is 2.42. The molecule has 2 rings (SSSR count). The number of nitrogen functional groups attached to an aromatic ring is 1. The van der Waals surface area contributed by atoms with Crippen molar-refractivity contribution in [2.75, 3.05) is 12.8 Å². The van der Waals surface area contributed by atoms with Crippen molar-refractivity contribution < 1.29 is 8.42 Å². The number of nitrogens with zero attached hydrogens (tertiary/aromatic N) is 2. The van der Waals surface area contributed by atoms with E-state index < -0.39 is 16.1 Å². The Morgan fingerprint density at radius 3 is 2.52 bits per heavy atom. The SMILES string of the molecule is CC(c1ccccc1Cl)N(C)S(=O)(=O)c1cccnc1N. The molecule has 0 radical (unpaired) electrons. The molecule has 5 nitrogen and oxygen atoms in total. The van der Waals surface area contributed by atoms with Crippen molar-refractivity contribution in [3.63, 3.8) is 0 Å². The summed E-state index contributed by atoms with van der Waals surface area (Å²) in [6.07, 6.45) is 1.45. The molecule has 1 atom stereocenters. The third-order valence-corrected chi connectivity index (χ3v) is 5.68. The van der Waals surface area contributed by atoms with Crippen molar-refractivity contribution in [2.24, 2.45) is 0 Å². The predicted octanol–water partition coefficient (Wildman–Crippen LogP) is 2.70. The quantitative estimate of drug-likeness (QED) is 0.937. The second kappa shape index (κ2) is 6.01. The first-order valence-electron chi connectivity index (χ1n) is 6.28. The van der Waals surface area contributed by atoms with Crippen LogP contribution < -0.4 is 5.73 Å². The Morgan fingerprint density at radius 1 is 1.24 bits per heavy atom. The van der Waals surface area contributed by atoms with Crippen LogP contribution in [0.5, 0.6) is 0 Å². The zero-order valence-electron chi connectivity index (χ0n) is 11.7. The maximum Gasteiger partial charge on any atom is 0.247 e. The van der Waals surface area contributed by atoms with Crippen molar-refractivity contribution in [3.8, 4) is 0 Å². The van der Waals surface area contributed by atoms with Gasteiger partial charge in [-0.2, -0.15) is 4.31 Å². The van der Waals surface area contributed by atoms with Crippen molar-refractivity contribution >= 4 is 27.4 Å². The van der Waals surface area contributed by atoms with Crippen LogP contribution in [0.15, 0.2) is 47.5 Å². The minimum absolute atomic E-state index is 0.00796. The van der Waals surface area contributed by atoms with E-state index in [2.05, 4.69) is 4.98 Å². The van der Waals surface area contributed by atoms with Crippen LogP contribution in [0.4, 0.5) is 5.82 Å². The van der Waals surface area contributed by atoms with E-state index in [1.54, 1.807) is 25.1 Å². The average Bonchev–Trinajstić information content (AvgIpc) is 2.46. The molecule has 0 amide bonds. The van der Waals surface area contributed by atoms with Crippen molar-refractivity contribution in [3.05, 3.63) is 53.2 Å². The summed E-state index contributed by atoms with van der Waals surface area (Å²) in [6, 6.07) is 9.69. The molecule has 0 bridgehead atoms. The van der Waals surface area contributed by atoms with Crippen LogP contribution in [0.1, 0.15) is 18.5 Å². The van der Waals surface area contributed by atoms with Crippen molar-refractivity contribution in [2.45, 2.75) is 17.9 Å². The maximum atomic E-state index is 12.6. The Morgan fingerprint density at radius 2 is 1.90 bits per heavy atom. The summed E-state index contributed by atoms with van der Waals surface area (Å²) < 4.78 is 26.5. The first-order valence-corrected chi connectivity index (χ1v) is 8.10. The summed E-state index contributed by atoms with van der Waals surface area (Å²) in [5.74, 6) is -0.0179. The van der Waals surface area contributed by atoms with Crippen LogP contribution in [0.2, 0.25) is 5.02 Å². The van der Waals surface area contributed by atoms with E-state index in [9.17, 15) is 8.42 Å². The zero-order chi connectivity index (χ0) is 15.6. The molecule has 1 aromatic heterocycles. The number of hydrogen-bond donors (Lipinski definition) is 1. The van der Waals surface area contributed by atoms with Gasteiger partial charge in [0.05, 0.1) is 0 Å². The molecule has 1 aromatic carbocycles. The van der Waals surface area contributed by atoms with E-state index in [4.69, 9.17) is 17.3 Å². The first kappa shape index (κ1) is 15.8. The number of aromatic nitrogens is 1. The van der Waals surface area contributed by atoms with Crippen molar-refractivity contribution in [1.82, 2.24) is 9.29 Å². The number of hydrogen-bond acceptors (Lipinski definition) is 4. The topological polar surface area (TPSA) is 76.3 Å². The van der Waals surface area contributed by atoms with E-state index in [-0.39, 0.29) is 10.7 Å². The lowest BCUT2D eigenvalue weighted by Crippen LogP contribution is -2.30. The predicted molar refractivity (Wildman–Crippen MR) is 83.5 cm³/mol. The maximum absolute atomic E-state index is 12.6. The fourth-order valence-electron chi connectivity index (χ4n) is 1.99. The molecule has 2 N–H and O–H groups in total. The Kier molecular flexibility index (Phi) is 4.51. The average molecular weight is 326 g/mol. The summed E-state index contributed by atoms with van der Waals surface area (Å²) >= 11 is 6.13. The lowest BCUT2D eigenvalue weighted by atomic mass is 10.1. The summed E-state index contributed by atoms with van der Waals surface area (Å²) in [6.45, 7) is 1.77. The van der Waals surface area contributed by atoms with Crippen LogP contribution >= 0.6 is 11.6 Å². The minimum atomic E-state index is -3.75. The number of nitrogens with two attached hydrogens (primary N) is 1. The van der Waals surface area contributed by atoms with Crippen LogP contribution in [-0.4, -0.2) is 24.8 Å². The lowest BCUT2D eigenvalue weighted by molar-refractivity contribution is 0.398. The fourth-order valence-corrected chi connectivity index (χ4v) is 3.70. The third kappa shape index (κ3) is 3.02. The standard InChI is InChI=1S/C14H16ClN3O2S/c1-10(11-6-3-4-7-12(11)15)18(2)21(19,20)13-8-5-9-17-14(13)16/h3-10H,1-2H3,(H2,16,17). The largest absolute Gasteiger partial charge is 0.383 e. The molecule has 0 aliphatic rings. The van der Waals surface area contributed by atoms with E-state index in [1.165, 1.54) is 29.7 Å². The molecule has 0 spiro atoms. The number of anilines is 1. The molecule has 21 heavy (non-hydrogen) atoms. The van der Waals surface area contributed by atoms with Gasteiger partial charge in [-0.3, -0.25) is 0 Å². The molecular formula is C14H16ClN3O2S. The van der Waals surface area contributed by atoms with E-state index in [1.807, 2.05) is 6.07 Å². The molecule has 112 valence electrons. The van der Waals surface area contributed by atoms with Gasteiger partial charge in [0.15, 0.2) is 0 Å².